The highest BCUT2D eigenvalue weighted by Gasteiger charge is 2.56. The molecule has 3 nitrogen and oxygen atoms in total. The smallest absolute Gasteiger partial charge is 0.399 e. The average molecular weight is 606 g/mol. The van der Waals surface area contributed by atoms with Crippen molar-refractivity contribution in [3.8, 4) is 5.69 Å². The van der Waals surface area contributed by atoms with E-state index < -0.39 is 18.1 Å². The second-order valence-electron chi connectivity index (χ2n) is 13.6. The van der Waals surface area contributed by atoms with Gasteiger partial charge in [-0.25, -0.2) is 0 Å². The molecule has 9 rings (SSSR count). The predicted molar refractivity (Wildman–Crippen MR) is 186 cm³/mol. The van der Waals surface area contributed by atoms with E-state index in [0.717, 1.165) is 24.7 Å². The molecule has 6 aromatic rings. The summed E-state index contributed by atoms with van der Waals surface area (Å²) in [6.07, 6.45) is 3.22. The fourth-order valence-corrected chi connectivity index (χ4v) is 9.66. The van der Waals surface area contributed by atoms with E-state index in [9.17, 15) is 0 Å². The Bertz CT molecular complexity index is 2170. The molecule has 5 aromatic carbocycles. The van der Waals surface area contributed by atoms with E-state index >= 15 is 0 Å². The van der Waals surface area contributed by atoms with E-state index in [-0.39, 0.29) is 5.60 Å². The SMILES string of the molecule is CCCCC1(C)OB(c2cccc3c2Sc2ccccc2C32c3ccccc3-n3c4ccccc4c4cccc2c43)OC1(C)C. The number of aromatic nitrogens is 1. The molecule has 1 fully saturated rings. The summed E-state index contributed by atoms with van der Waals surface area (Å²) in [6.45, 7) is 8.86. The van der Waals surface area contributed by atoms with Crippen molar-refractivity contribution >= 4 is 46.1 Å². The lowest BCUT2D eigenvalue weighted by molar-refractivity contribution is -0.0169. The first-order valence-electron chi connectivity index (χ1n) is 16.3. The van der Waals surface area contributed by atoms with Crippen LogP contribution >= 0.6 is 11.8 Å². The Morgan fingerprint density at radius 2 is 1.38 bits per heavy atom. The van der Waals surface area contributed by atoms with Gasteiger partial charge in [-0.2, -0.15) is 0 Å². The number of rotatable bonds is 4. The maximum atomic E-state index is 6.97. The highest BCUT2D eigenvalue weighted by molar-refractivity contribution is 7.99. The van der Waals surface area contributed by atoms with Gasteiger partial charge in [-0.3, -0.25) is 0 Å². The first-order chi connectivity index (χ1) is 21.9. The van der Waals surface area contributed by atoms with Gasteiger partial charge in [0.05, 0.1) is 33.3 Å². The first kappa shape index (κ1) is 27.5. The van der Waals surface area contributed by atoms with Crippen molar-refractivity contribution in [2.45, 2.75) is 73.4 Å². The summed E-state index contributed by atoms with van der Waals surface area (Å²) >= 11 is 1.87. The van der Waals surface area contributed by atoms with Crippen LogP contribution in [0.1, 0.15) is 69.2 Å². The highest BCUT2D eigenvalue weighted by atomic mass is 32.2. The molecular formula is C40H36BNO2S. The molecule has 0 bridgehead atoms. The molecule has 1 spiro atoms. The van der Waals surface area contributed by atoms with Gasteiger partial charge in [0.15, 0.2) is 0 Å². The van der Waals surface area contributed by atoms with Crippen molar-refractivity contribution in [2.75, 3.05) is 0 Å². The van der Waals surface area contributed by atoms with Crippen molar-refractivity contribution in [1.29, 1.82) is 0 Å². The molecule has 45 heavy (non-hydrogen) atoms. The minimum Gasteiger partial charge on any atom is -0.399 e. The standard InChI is InChI=1S/C40H36BNO2S/c1-5-6-25-39(4)38(2,3)43-41(44-39)32-21-14-20-31-37(32)45-35-24-12-9-18-29(35)40(31)28-17-8-11-23-34(28)42-33-22-10-7-15-26(33)27-16-13-19-30(40)36(27)42/h7-24H,5-6,25H2,1-4H3. The molecule has 3 aliphatic heterocycles. The van der Waals surface area contributed by atoms with Crippen LogP contribution in [0.3, 0.4) is 0 Å². The number of hydrogen-bond donors (Lipinski definition) is 0. The van der Waals surface area contributed by atoms with E-state index in [0.29, 0.717) is 0 Å². The summed E-state index contributed by atoms with van der Waals surface area (Å²) in [5.41, 5.74) is 8.87. The average Bonchev–Trinajstić information content (AvgIpc) is 3.52. The third kappa shape index (κ3) is 3.52. The van der Waals surface area contributed by atoms with E-state index in [1.165, 1.54) is 59.5 Å². The van der Waals surface area contributed by atoms with Gasteiger partial charge in [-0.1, -0.05) is 123 Å². The maximum Gasteiger partial charge on any atom is 0.496 e. The first-order valence-corrected chi connectivity index (χ1v) is 17.1. The van der Waals surface area contributed by atoms with Crippen LogP contribution in [0.2, 0.25) is 0 Å². The number of unbranched alkanes of at least 4 members (excludes halogenated alkanes) is 1. The van der Waals surface area contributed by atoms with Crippen LogP contribution < -0.4 is 5.46 Å². The van der Waals surface area contributed by atoms with Crippen molar-refractivity contribution in [2.24, 2.45) is 0 Å². The molecule has 5 heteroatoms. The Labute approximate surface area is 269 Å². The van der Waals surface area contributed by atoms with Crippen molar-refractivity contribution < 1.29 is 9.31 Å². The lowest BCUT2D eigenvalue weighted by Crippen LogP contribution is -2.44. The van der Waals surface area contributed by atoms with Crippen LogP contribution in [-0.4, -0.2) is 22.9 Å². The van der Waals surface area contributed by atoms with E-state index in [1.807, 2.05) is 11.8 Å². The molecule has 0 radical (unpaired) electrons. The van der Waals surface area contributed by atoms with Gasteiger partial charge >= 0.3 is 7.12 Å². The van der Waals surface area contributed by atoms with Crippen LogP contribution in [-0.2, 0) is 14.7 Å². The quantitative estimate of drug-likeness (QED) is 0.187. The summed E-state index contributed by atoms with van der Waals surface area (Å²) < 4.78 is 16.3. The molecular weight excluding hydrogens is 569 g/mol. The zero-order chi connectivity index (χ0) is 30.6. The number of fused-ring (bicyclic) bond motifs is 11. The van der Waals surface area contributed by atoms with Gasteiger partial charge in [0.1, 0.15) is 0 Å². The molecule has 0 amide bonds. The highest BCUT2D eigenvalue weighted by Crippen LogP contribution is 2.60. The van der Waals surface area contributed by atoms with Crippen molar-refractivity contribution in [3.05, 3.63) is 131 Å². The van der Waals surface area contributed by atoms with Crippen molar-refractivity contribution in [3.63, 3.8) is 0 Å². The van der Waals surface area contributed by atoms with E-state index in [1.54, 1.807) is 0 Å². The molecule has 1 aromatic heterocycles. The topological polar surface area (TPSA) is 23.4 Å². The fourth-order valence-electron chi connectivity index (χ4n) is 8.35. The third-order valence-electron chi connectivity index (χ3n) is 10.9. The summed E-state index contributed by atoms with van der Waals surface area (Å²) in [6, 6.07) is 40.6. The summed E-state index contributed by atoms with van der Waals surface area (Å²) in [5, 5.41) is 2.58. The van der Waals surface area contributed by atoms with Gasteiger partial charge < -0.3 is 13.9 Å². The second-order valence-corrected chi connectivity index (χ2v) is 14.6. The van der Waals surface area contributed by atoms with Crippen LogP contribution in [0, 0.1) is 0 Å². The second kappa shape index (κ2) is 9.62. The molecule has 2 unspecified atom stereocenters. The Kier molecular flexibility index (Phi) is 5.89. The number of para-hydroxylation sites is 3. The third-order valence-corrected chi connectivity index (χ3v) is 12.1. The summed E-state index contributed by atoms with van der Waals surface area (Å²) in [4.78, 5) is 2.52. The predicted octanol–water partition coefficient (Wildman–Crippen LogP) is 9.41. The normalized spacial score (nSPS) is 22.5. The molecule has 0 aliphatic carbocycles. The molecule has 2 atom stereocenters. The molecule has 3 aliphatic rings. The van der Waals surface area contributed by atoms with Gasteiger partial charge in [-0.15, -0.1) is 0 Å². The minimum atomic E-state index is -0.507. The zero-order valence-corrected chi connectivity index (χ0v) is 27.1. The Balaban J connectivity index is 1.37. The minimum absolute atomic E-state index is 0.366. The summed E-state index contributed by atoms with van der Waals surface area (Å²) in [5.74, 6) is 0. The Hall–Kier alpha value is -3.77. The van der Waals surface area contributed by atoms with Crippen LogP contribution in [0.15, 0.2) is 119 Å². The lowest BCUT2D eigenvalue weighted by atomic mass is 9.61. The van der Waals surface area contributed by atoms with Gasteiger partial charge in [0.2, 0.25) is 0 Å². The van der Waals surface area contributed by atoms with Gasteiger partial charge in [0, 0.05) is 20.6 Å². The van der Waals surface area contributed by atoms with Crippen LogP contribution in [0.25, 0.3) is 27.5 Å². The molecule has 4 heterocycles. The Morgan fingerprint density at radius 1 is 0.689 bits per heavy atom. The number of benzene rings is 5. The summed E-state index contributed by atoms with van der Waals surface area (Å²) in [7, 11) is -0.437. The van der Waals surface area contributed by atoms with Crippen LogP contribution in [0.4, 0.5) is 0 Å². The lowest BCUT2D eigenvalue weighted by Gasteiger charge is -2.45. The fraction of sp³-hybridized carbons (Fsp3) is 0.250. The largest absolute Gasteiger partial charge is 0.496 e. The maximum absolute atomic E-state index is 6.97. The number of hydrogen-bond acceptors (Lipinski definition) is 3. The van der Waals surface area contributed by atoms with Gasteiger partial charge in [0.25, 0.3) is 0 Å². The van der Waals surface area contributed by atoms with Crippen molar-refractivity contribution in [1.82, 2.24) is 4.57 Å². The zero-order valence-electron chi connectivity index (χ0n) is 26.3. The Morgan fingerprint density at radius 3 is 2.24 bits per heavy atom. The van der Waals surface area contributed by atoms with Gasteiger partial charge in [-0.05, 0) is 73.1 Å². The van der Waals surface area contributed by atoms with Crippen LogP contribution in [0.5, 0.6) is 0 Å². The van der Waals surface area contributed by atoms with E-state index in [4.69, 9.17) is 9.31 Å². The van der Waals surface area contributed by atoms with E-state index in [2.05, 4.69) is 141 Å². The molecule has 0 saturated carbocycles. The molecule has 1 saturated heterocycles. The number of nitrogens with zero attached hydrogens (tertiary/aromatic N) is 1. The molecule has 0 N–H and O–H groups in total. The monoisotopic (exact) mass is 605 g/mol. The molecule has 222 valence electrons.